The van der Waals surface area contributed by atoms with Gasteiger partial charge in [-0.1, -0.05) is 12.8 Å². The normalized spacial score (nSPS) is 19.7. The minimum absolute atomic E-state index is 0.0974. The third-order valence-electron chi connectivity index (χ3n) is 3.51. The molecule has 2 rings (SSSR count). The Hall–Kier alpha value is -0.830. The lowest BCUT2D eigenvalue weighted by molar-refractivity contribution is 0.454. The molecule has 3 nitrogen and oxygen atoms in total. The van der Waals surface area contributed by atoms with Crippen molar-refractivity contribution in [2.24, 2.45) is 5.73 Å². The van der Waals surface area contributed by atoms with Crippen LogP contribution in [0.15, 0.2) is 0 Å². The largest absolute Gasteiger partial charge is 0.324 e. The van der Waals surface area contributed by atoms with Crippen molar-refractivity contribution < 1.29 is 0 Å². The summed E-state index contributed by atoms with van der Waals surface area (Å²) >= 11 is 0. The highest BCUT2D eigenvalue weighted by Gasteiger charge is 2.22. The van der Waals surface area contributed by atoms with Crippen LogP contribution in [-0.2, 0) is 0 Å². The van der Waals surface area contributed by atoms with Crippen LogP contribution in [0.4, 0.5) is 0 Å². The molecule has 0 amide bonds. The van der Waals surface area contributed by atoms with Crippen LogP contribution in [0.25, 0.3) is 0 Å². The molecule has 1 atom stereocenters. The average Bonchev–Trinajstić information content (AvgIpc) is 2.72. The van der Waals surface area contributed by atoms with Crippen LogP contribution in [0.5, 0.6) is 0 Å². The first-order valence-electron chi connectivity index (χ1n) is 5.92. The first-order chi connectivity index (χ1) is 7.11. The molecule has 15 heavy (non-hydrogen) atoms. The van der Waals surface area contributed by atoms with E-state index in [0.29, 0.717) is 6.04 Å². The van der Waals surface area contributed by atoms with E-state index in [0.717, 1.165) is 5.69 Å². The maximum Gasteiger partial charge on any atom is 0.0644 e. The molecule has 1 aliphatic rings. The Kier molecular flexibility index (Phi) is 2.83. The van der Waals surface area contributed by atoms with Crippen molar-refractivity contribution in [3.63, 3.8) is 0 Å². The van der Waals surface area contributed by atoms with E-state index in [1.807, 2.05) is 6.92 Å². The zero-order valence-corrected chi connectivity index (χ0v) is 9.95. The van der Waals surface area contributed by atoms with Gasteiger partial charge in [-0.05, 0) is 33.6 Å². The Morgan fingerprint density at radius 2 is 1.93 bits per heavy atom. The SMILES string of the molecule is Cc1nn(C2CCCC2)c(C)c1C(C)N. The summed E-state index contributed by atoms with van der Waals surface area (Å²) in [6, 6.07) is 0.719. The van der Waals surface area contributed by atoms with Gasteiger partial charge in [0.15, 0.2) is 0 Å². The van der Waals surface area contributed by atoms with Gasteiger partial charge in [-0.2, -0.15) is 5.10 Å². The summed E-state index contributed by atoms with van der Waals surface area (Å²) in [4.78, 5) is 0. The summed E-state index contributed by atoms with van der Waals surface area (Å²) in [5.74, 6) is 0. The fourth-order valence-electron chi connectivity index (χ4n) is 2.84. The smallest absolute Gasteiger partial charge is 0.0644 e. The van der Waals surface area contributed by atoms with Gasteiger partial charge in [0.05, 0.1) is 11.7 Å². The zero-order chi connectivity index (χ0) is 11.0. The van der Waals surface area contributed by atoms with E-state index in [-0.39, 0.29) is 6.04 Å². The molecule has 0 bridgehead atoms. The summed E-state index contributed by atoms with van der Waals surface area (Å²) in [6.07, 6.45) is 5.24. The average molecular weight is 207 g/mol. The molecule has 0 aromatic carbocycles. The van der Waals surface area contributed by atoms with Gasteiger partial charge in [0, 0.05) is 17.3 Å². The van der Waals surface area contributed by atoms with Crippen molar-refractivity contribution in [2.75, 3.05) is 0 Å². The Balaban J connectivity index is 2.36. The van der Waals surface area contributed by atoms with E-state index in [4.69, 9.17) is 5.73 Å². The number of hydrogen-bond acceptors (Lipinski definition) is 2. The molecule has 1 aromatic heterocycles. The summed E-state index contributed by atoms with van der Waals surface area (Å²) < 4.78 is 2.21. The fourth-order valence-corrected chi connectivity index (χ4v) is 2.84. The molecule has 1 heterocycles. The van der Waals surface area contributed by atoms with Crippen molar-refractivity contribution in [1.82, 2.24) is 9.78 Å². The van der Waals surface area contributed by atoms with Crippen LogP contribution in [0.2, 0.25) is 0 Å². The van der Waals surface area contributed by atoms with Crippen LogP contribution in [0, 0.1) is 13.8 Å². The lowest BCUT2D eigenvalue weighted by Gasteiger charge is -2.13. The molecule has 2 N–H and O–H groups in total. The standard InChI is InChI=1S/C12H21N3/c1-8(13)12-9(2)14-15(10(12)3)11-6-4-5-7-11/h8,11H,4-7,13H2,1-3H3. The van der Waals surface area contributed by atoms with Crippen LogP contribution < -0.4 is 5.73 Å². The second-order valence-electron chi connectivity index (χ2n) is 4.76. The predicted octanol–water partition coefficient (Wildman–Crippen LogP) is 2.63. The van der Waals surface area contributed by atoms with Crippen molar-refractivity contribution in [3.8, 4) is 0 Å². The van der Waals surface area contributed by atoms with Crippen LogP contribution >= 0.6 is 0 Å². The third kappa shape index (κ3) is 1.81. The van der Waals surface area contributed by atoms with E-state index in [2.05, 4.69) is 23.6 Å². The van der Waals surface area contributed by atoms with Gasteiger partial charge in [0.25, 0.3) is 0 Å². The molecular weight excluding hydrogens is 186 g/mol. The molecule has 0 saturated heterocycles. The van der Waals surface area contributed by atoms with E-state index in [9.17, 15) is 0 Å². The second kappa shape index (κ2) is 3.97. The quantitative estimate of drug-likeness (QED) is 0.810. The van der Waals surface area contributed by atoms with E-state index in [1.54, 1.807) is 0 Å². The lowest BCUT2D eigenvalue weighted by Crippen LogP contribution is -2.11. The Labute approximate surface area is 91.7 Å². The summed E-state index contributed by atoms with van der Waals surface area (Å²) in [6.45, 7) is 6.25. The van der Waals surface area contributed by atoms with Gasteiger partial charge < -0.3 is 5.73 Å². The Morgan fingerprint density at radius 1 is 1.33 bits per heavy atom. The van der Waals surface area contributed by atoms with Gasteiger partial charge in [-0.25, -0.2) is 0 Å². The van der Waals surface area contributed by atoms with E-state index < -0.39 is 0 Å². The predicted molar refractivity (Wildman–Crippen MR) is 61.8 cm³/mol. The first-order valence-corrected chi connectivity index (χ1v) is 5.92. The third-order valence-corrected chi connectivity index (χ3v) is 3.51. The molecular formula is C12H21N3. The van der Waals surface area contributed by atoms with E-state index >= 15 is 0 Å². The number of nitrogens with two attached hydrogens (primary N) is 1. The Morgan fingerprint density at radius 3 is 2.40 bits per heavy atom. The molecule has 1 saturated carbocycles. The van der Waals surface area contributed by atoms with Gasteiger partial charge >= 0.3 is 0 Å². The minimum Gasteiger partial charge on any atom is -0.324 e. The molecule has 0 radical (unpaired) electrons. The van der Waals surface area contributed by atoms with Crippen molar-refractivity contribution in [1.29, 1.82) is 0 Å². The topological polar surface area (TPSA) is 43.8 Å². The molecule has 1 aliphatic carbocycles. The maximum atomic E-state index is 5.97. The number of rotatable bonds is 2. The molecule has 0 spiro atoms. The van der Waals surface area contributed by atoms with Gasteiger partial charge in [-0.3, -0.25) is 4.68 Å². The molecule has 3 heteroatoms. The zero-order valence-electron chi connectivity index (χ0n) is 9.95. The fraction of sp³-hybridized carbons (Fsp3) is 0.750. The number of nitrogens with zero attached hydrogens (tertiary/aromatic N) is 2. The van der Waals surface area contributed by atoms with Crippen molar-refractivity contribution >= 4 is 0 Å². The number of aromatic nitrogens is 2. The highest BCUT2D eigenvalue weighted by Crippen LogP contribution is 2.32. The highest BCUT2D eigenvalue weighted by molar-refractivity contribution is 5.27. The van der Waals surface area contributed by atoms with Crippen LogP contribution in [0.3, 0.4) is 0 Å². The molecule has 1 aromatic rings. The molecule has 84 valence electrons. The monoisotopic (exact) mass is 207 g/mol. The highest BCUT2D eigenvalue weighted by atomic mass is 15.3. The second-order valence-corrected chi connectivity index (χ2v) is 4.76. The minimum atomic E-state index is 0.0974. The van der Waals surface area contributed by atoms with Gasteiger partial charge in [0.2, 0.25) is 0 Å². The number of hydrogen-bond donors (Lipinski definition) is 1. The maximum absolute atomic E-state index is 5.97. The van der Waals surface area contributed by atoms with Gasteiger partial charge in [-0.15, -0.1) is 0 Å². The molecule has 1 fully saturated rings. The molecule has 0 aliphatic heterocycles. The van der Waals surface area contributed by atoms with E-state index in [1.165, 1.54) is 36.9 Å². The van der Waals surface area contributed by atoms with Crippen molar-refractivity contribution in [2.45, 2.75) is 58.5 Å². The molecule has 1 unspecified atom stereocenters. The van der Waals surface area contributed by atoms with Crippen LogP contribution in [-0.4, -0.2) is 9.78 Å². The van der Waals surface area contributed by atoms with Gasteiger partial charge in [0.1, 0.15) is 0 Å². The van der Waals surface area contributed by atoms with Crippen LogP contribution in [0.1, 0.15) is 61.6 Å². The number of aryl methyl sites for hydroxylation is 1. The summed E-state index contributed by atoms with van der Waals surface area (Å²) in [5, 5.41) is 4.65. The lowest BCUT2D eigenvalue weighted by atomic mass is 10.1. The first kappa shape index (κ1) is 10.7. The summed E-state index contributed by atoms with van der Waals surface area (Å²) in [5.41, 5.74) is 9.59. The summed E-state index contributed by atoms with van der Waals surface area (Å²) in [7, 11) is 0. The van der Waals surface area contributed by atoms with Crippen molar-refractivity contribution in [3.05, 3.63) is 17.0 Å². The Bertz CT molecular complexity index is 346.